The summed E-state index contributed by atoms with van der Waals surface area (Å²) in [6.45, 7) is 7.55. The summed E-state index contributed by atoms with van der Waals surface area (Å²) < 4.78 is 5.63. The average molecular weight is 413 g/mol. The lowest BCUT2D eigenvalue weighted by molar-refractivity contribution is -0.149. The zero-order chi connectivity index (χ0) is 21.6. The molecule has 0 aromatic rings. The molecule has 2 N–H and O–H groups in total. The number of esters is 1. The summed E-state index contributed by atoms with van der Waals surface area (Å²) in [7, 11) is 2.24. The van der Waals surface area contributed by atoms with Gasteiger partial charge in [-0.15, -0.1) is 0 Å². The first-order valence-corrected chi connectivity index (χ1v) is 12.7. The SMILES string of the molecule is CCCCCC(CC)OC(=O)CCCCCCN(C)CCCCCCCCCN. The van der Waals surface area contributed by atoms with Crippen molar-refractivity contribution in [3.63, 3.8) is 0 Å². The van der Waals surface area contributed by atoms with Crippen LogP contribution in [0, 0.1) is 0 Å². The van der Waals surface area contributed by atoms with E-state index >= 15 is 0 Å². The fourth-order valence-corrected chi connectivity index (χ4v) is 3.74. The first-order valence-electron chi connectivity index (χ1n) is 12.7. The van der Waals surface area contributed by atoms with Crippen LogP contribution in [-0.4, -0.2) is 43.7 Å². The number of hydrogen-bond donors (Lipinski definition) is 1. The van der Waals surface area contributed by atoms with Gasteiger partial charge >= 0.3 is 5.97 Å². The Labute approximate surface area is 182 Å². The van der Waals surface area contributed by atoms with Gasteiger partial charge in [0, 0.05) is 6.42 Å². The Morgan fingerprint density at radius 1 is 0.793 bits per heavy atom. The average Bonchev–Trinajstić information content (AvgIpc) is 2.71. The van der Waals surface area contributed by atoms with Crippen LogP contribution in [0.3, 0.4) is 0 Å². The van der Waals surface area contributed by atoms with Gasteiger partial charge in [0.2, 0.25) is 0 Å². The number of nitrogens with two attached hydrogens (primary N) is 1. The third-order valence-corrected chi connectivity index (χ3v) is 5.80. The highest BCUT2D eigenvalue weighted by atomic mass is 16.5. The Hall–Kier alpha value is -0.610. The lowest BCUT2D eigenvalue weighted by Crippen LogP contribution is -2.20. The Morgan fingerprint density at radius 3 is 1.90 bits per heavy atom. The molecule has 1 unspecified atom stereocenters. The van der Waals surface area contributed by atoms with Crippen molar-refractivity contribution in [2.75, 3.05) is 26.7 Å². The van der Waals surface area contributed by atoms with Gasteiger partial charge in [-0.05, 0) is 71.6 Å². The number of unbranched alkanes of at least 4 members (excludes halogenated alkanes) is 11. The predicted molar refractivity (Wildman–Crippen MR) is 126 cm³/mol. The number of rotatable bonds is 22. The maximum atomic E-state index is 12.0. The van der Waals surface area contributed by atoms with Crippen molar-refractivity contribution in [1.29, 1.82) is 0 Å². The van der Waals surface area contributed by atoms with Gasteiger partial charge in [0.1, 0.15) is 6.10 Å². The van der Waals surface area contributed by atoms with Crippen LogP contribution in [0.15, 0.2) is 0 Å². The molecule has 0 spiro atoms. The van der Waals surface area contributed by atoms with Crippen LogP contribution >= 0.6 is 0 Å². The van der Waals surface area contributed by atoms with Gasteiger partial charge in [0.05, 0.1) is 0 Å². The van der Waals surface area contributed by atoms with Crippen molar-refractivity contribution >= 4 is 5.97 Å². The molecule has 4 heteroatoms. The highest BCUT2D eigenvalue weighted by Crippen LogP contribution is 2.13. The molecule has 0 aliphatic rings. The van der Waals surface area contributed by atoms with Crippen molar-refractivity contribution in [1.82, 2.24) is 4.90 Å². The molecule has 0 heterocycles. The minimum Gasteiger partial charge on any atom is -0.462 e. The van der Waals surface area contributed by atoms with E-state index in [0.29, 0.717) is 6.42 Å². The van der Waals surface area contributed by atoms with Gasteiger partial charge < -0.3 is 15.4 Å². The summed E-state index contributed by atoms with van der Waals surface area (Å²) in [4.78, 5) is 14.5. The van der Waals surface area contributed by atoms with E-state index in [2.05, 4.69) is 25.8 Å². The van der Waals surface area contributed by atoms with E-state index in [1.54, 1.807) is 0 Å². The number of hydrogen-bond acceptors (Lipinski definition) is 4. The number of ether oxygens (including phenoxy) is 1. The van der Waals surface area contributed by atoms with E-state index < -0.39 is 0 Å². The minimum absolute atomic E-state index is 0.00786. The Bertz CT molecular complexity index is 350. The molecule has 4 nitrogen and oxygen atoms in total. The van der Waals surface area contributed by atoms with Crippen molar-refractivity contribution in [3.8, 4) is 0 Å². The standard InChI is InChI=1S/C25H52N2O2/c1-4-6-14-19-24(5-2)29-25(28)20-15-10-13-18-23-27(3)22-17-12-9-7-8-11-16-21-26/h24H,4-23,26H2,1-3H3. The second-order valence-corrected chi connectivity index (χ2v) is 8.75. The molecule has 0 amide bonds. The zero-order valence-electron chi connectivity index (χ0n) is 20.1. The first-order chi connectivity index (χ1) is 14.1. The van der Waals surface area contributed by atoms with Crippen molar-refractivity contribution in [2.24, 2.45) is 5.73 Å². The maximum Gasteiger partial charge on any atom is 0.306 e. The molecule has 29 heavy (non-hydrogen) atoms. The first kappa shape index (κ1) is 28.4. The molecule has 0 aliphatic heterocycles. The lowest BCUT2D eigenvalue weighted by Gasteiger charge is -2.17. The van der Waals surface area contributed by atoms with Crippen LogP contribution in [0.25, 0.3) is 0 Å². The molecule has 0 radical (unpaired) electrons. The molecule has 1 atom stereocenters. The Morgan fingerprint density at radius 2 is 1.34 bits per heavy atom. The minimum atomic E-state index is 0.00786. The molecule has 0 saturated carbocycles. The molecular weight excluding hydrogens is 360 g/mol. The summed E-state index contributed by atoms with van der Waals surface area (Å²) in [5.41, 5.74) is 5.52. The van der Waals surface area contributed by atoms with E-state index in [4.69, 9.17) is 10.5 Å². The van der Waals surface area contributed by atoms with E-state index in [9.17, 15) is 4.79 Å². The second kappa shape index (κ2) is 22.1. The highest BCUT2D eigenvalue weighted by molar-refractivity contribution is 5.69. The van der Waals surface area contributed by atoms with Crippen molar-refractivity contribution < 1.29 is 9.53 Å². The topological polar surface area (TPSA) is 55.6 Å². The smallest absolute Gasteiger partial charge is 0.306 e. The fourth-order valence-electron chi connectivity index (χ4n) is 3.74. The van der Waals surface area contributed by atoms with Crippen molar-refractivity contribution in [3.05, 3.63) is 0 Å². The van der Waals surface area contributed by atoms with Crippen LogP contribution in [0.4, 0.5) is 0 Å². The fraction of sp³-hybridized carbons (Fsp3) is 0.960. The molecule has 0 aromatic carbocycles. The van der Waals surface area contributed by atoms with E-state index in [-0.39, 0.29) is 12.1 Å². The summed E-state index contributed by atoms with van der Waals surface area (Å²) in [5.74, 6) is 0.00786. The predicted octanol–water partition coefficient (Wildman–Crippen LogP) is 6.46. The number of nitrogens with zero attached hydrogens (tertiary/aromatic N) is 1. The van der Waals surface area contributed by atoms with Gasteiger partial charge in [0.25, 0.3) is 0 Å². The molecule has 0 rings (SSSR count). The highest BCUT2D eigenvalue weighted by Gasteiger charge is 2.11. The molecular formula is C25H52N2O2. The molecule has 0 saturated heterocycles. The molecule has 0 fully saturated rings. The third kappa shape index (κ3) is 20.4. The summed E-state index contributed by atoms with van der Waals surface area (Å²) in [6.07, 6.45) is 20.1. The van der Waals surface area contributed by atoms with Gasteiger partial charge in [-0.2, -0.15) is 0 Å². The zero-order valence-corrected chi connectivity index (χ0v) is 20.1. The molecule has 0 aliphatic carbocycles. The van der Waals surface area contributed by atoms with Crippen LogP contribution in [-0.2, 0) is 9.53 Å². The van der Waals surface area contributed by atoms with Crippen LogP contribution < -0.4 is 5.73 Å². The van der Waals surface area contributed by atoms with Crippen LogP contribution in [0.5, 0.6) is 0 Å². The molecule has 0 bridgehead atoms. The van der Waals surface area contributed by atoms with E-state index in [1.807, 2.05) is 0 Å². The normalized spacial score (nSPS) is 12.4. The Balaban J connectivity index is 3.46. The second-order valence-electron chi connectivity index (χ2n) is 8.75. The van der Waals surface area contributed by atoms with Gasteiger partial charge in [-0.1, -0.05) is 71.6 Å². The summed E-state index contributed by atoms with van der Waals surface area (Å²) >= 11 is 0. The van der Waals surface area contributed by atoms with Gasteiger partial charge in [-0.25, -0.2) is 0 Å². The maximum absolute atomic E-state index is 12.0. The van der Waals surface area contributed by atoms with Crippen LogP contribution in [0.2, 0.25) is 0 Å². The van der Waals surface area contributed by atoms with Crippen molar-refractivity contribution in [2.45, 2.75) is 129 Å². The number of carbonyl (C=O) groups excluding carboxylic acids is 1. The molecule has 174 valence electrons. The summed E-state index contributed by atoms with van der Waals surface area (Å²) in [5, 5.41) is 0. The van der Waals surface area contributed by atoms with Gasteiger partial charge in [0.15, 0.2) is 0 Å². The van der Waals surface area contributed by atoms with E-state index in [1.165, 1.54) is 90.1 Å². The number of carbonyl (C=O) groups is 1. The third-order valence-electron chi connectivity index (χ3n) is 5.80. The monoisotopic (exact) mass is 412 g/mol. The molecule has 0 aromatic heterocycles. The lowest BCUT2D eigenvalue weighted by atomic mass is 10.1. The Kier molecular flexibility index (Phi) is 21.6. The summed E-state index contributed by atoms with van der Waals surface area (Å²) in [6, 6.07) is 0. The van der Waals surface area contributed by atoms with Crippen LogP contribution in [0.1, 0.15) is 123 Å². The van der Waals surface area contributed by atoms with E-state index in [0.717, 1.165) is 32.2 Å². The quantitative estimate of drug-likeness (QED) is 0.164. The largest absolute Gasteiger partial charge is 0.462 e. The van der Waals surface area contributed by atoms with Gasteiger partial charge in [-0.3, -0.25) is 4.79 Å².